The average Bonchev–Trinajstić information content (AvgIpc) is 3.47. The molecule has 2 saturated heterocycles. The van der Waals surface area contributed by atoms with E-state index in [0.29, 0.717) is 17.6 Å². The van der Waals surface area contributed by atoms with E-state index in [-0.39, 0.29) is 0 Å². The lowest BCUT2D eigenvalue weighted by molar-refractivity contribution is 0.0939. The Kier molecular flexibility index (Phi) is 8.35. The highest BCUT2D eigenvalue weighted by Crippen LogP contribution is 2.38. The highest BCUT2D eigenvalue weighted by molar-refractivity contribution is 5.96. The Bertz CT molecular complexity index is 1060. The van der Waals surface area contributed by atoms with E-state index in [2.05, 4.69) is 52.3 Å². The normalized spacial score (nSPS) is 24.7. The molecule has 1 saturated carbocycles. The van der Waals surface area contributed by atoms with E-state index in [1.807, 2.05) is 0 Å². The number of ether oxygens (including phenoxy) is 1. The number of piperidine rings is 2. The molecule has 6 rings (SSSR count). The van der Waals surface area contributed by atoms with Gasteiger partial charge < -0.3 is 14.5 Å². The molecule has 4 aliphatic rings. The van der Waals surface area contributed by atoms with Gasteiger partial charge in [0.15, 0.2) is 5.78 Å². The van der Waals surface area contributed by atoms with Crippen molar-refractivity contribution in [3.05, 3.63) is 59.2 Å². The van der Waals surface area contributed by atoms with Gasteiger partial charge in [-0.3, -0.25) is 4.79 Å². The van der Waals surface area contributed by atoms with Crippen LogP contribution in [0.5, 0.6) is 5.75 Å². The van der Waals surface area contributed by atoms with Crippen molar-refractivity contribution in [3.63, 3.8) is 0 Å². The first-order chi connectivity index (χ1) is 18.7. The fourth-order valence-corrected chi connectivity index (χ4v) is 7.58. The lowest BCUT2D eigenvalue weighted by atomic mass is 9.78. The summed E-state index contributed by atoms with van der Waals surface area (Å²) in [4.78, 5) is 18.1. The van der Waals surface area contributed by atoms with Crippen LogP contribution in [0.3, 0.4) is 0 Å². The molecule has 38 heavy (non-hydrogen) atoms. The molecule has 3 heterocycles. The smallest absolute Gasteiger partial charge is 0.163 e. The highest BCUT2D eigenvalue weighted by Gasteiger charge is 2.27. The number of Topliss-reactive ketones (excluding diaryl/α,β-unsaturated/α-hetero) is 1. The van der Waals surface area contributed by atoms with Crippen LogP contribution in [0.2, 0.25) is 0 Å². The molecule has 3 fully saturated rings. The van der Waals surface area contributed by atoms with E-state index >= 15 is 0 Å². The van der Waals surface area contributed by atoms with Gasteiger partial charge in [0.1, 0.15) is 5.75 Å². The van der Waals surface area contributed by atoms with E-state index in [1.165, 1.54) is 95.1 Å². The maximum Gasteiger partial charge on any atom is 0.163 e. The molecule has 0 bridgehead atoms. The zero-order valence-corrected chi connectivity index (χ0v) is 23.2. The standard InChI is InChI=1S/C34H46N2O2/c37-33(29-11-13-30(14-12-29)36-19-2-1-3-20-36)25-27-9-7-26(8-10-27)15-21-35-22-16-28(17-23-35)31-5-4-6-34-32(31)18-24-38-34/h4-6,11-14,26-28H,1-3,7-10,15-25H2. The van der Waals surface area contributed by atoms with E-state index in [9.17, 15) is 4.79 Å². The number of hydrogen-bond acceptors (Lipinski definition) is 4. The number of carbonyl (C=O) groups is 1. The largest absolute Gasteiger partial charge is 0.493 e. The van der Waals surface area contributed by atoms with E-state index < -0.39 is 0 Å². The zero-order chi connectivity index (χ0) is 25.7. The number of carbonyl (C=O) groups excluding carboxylic acids is 1. The topological polar surface area (TPSA) is 32.8 Å². The van der Waals surface area contributed by atoms with Crippen molar-refractivity contribution in [2.45, 2.75) is 83.0 Å². The number of likely N-dealkylation sites (tertiary alicyclic amines) is 1. The lowest BCUT2D eigenvalue weighted by Gasteiger charge is -2.35. The van der Waals surface area contributed by atoms with Crippen LogP contribution in [0, 0.1) is 11.8 Å². The molecule has 0 spiro atoms. The molecule has 2 aromatic rings. The first-order valence-electron chi connectivity index (χ1n) is 15.6. The maximum absolute atomic E-state index is 13.0. The summed E-state index contributed by atoms with van der Waals surface area (Å²) in [6.45, 7) is 6.87. The minimum Gasteiger partial charge on any atom is -0.493 e. The summed E-state index contributed by atoms with van der Waals surface area (Å²) in [5, 5.41) is 0. The average molecular weight is 515 g/mol. The minimum atomic E-state index is 0.345. The predicted octanol–water partition coefficient (Wildman–Crippen LogP) is 7.26. The second-order valence-corrected chi connectivity index (χ2v) is 12.4. The molecule has 0 radical (unpaired) electrons. The Balaban J connectivity index is 0.898. The molecule has 2 aromatic carbocycles. The maximum atomic E-state index is 13.0. The summed E-state index contributed by atoms with van der Waals surface area (Å²) >= 11 is 0. The quantitative estimate of drug-likeness (QED) is 0.347. The summed E-state index contributed by atoms with van der Waals surface area (Å²) in [7, 11) is 0. The van der Waals surface area contributed by atoms with Gasteiger partial charge in [0.2, 0.25) is 0 Å². The van der Waals surface area contributed by atoms with Gasteiger partial charge in [-0.1, -0.05) is 25.0 Å². The van der Waals surface area contributed by atoms with Crippen LogP contribution < -0.4 is 9.64 Å². The number of nitrogens with zero attached hydrogens (tertiary/aromatic N) is 2. The van der Waals surface area contributed by atoms with Crippen LogP contribution in [0.25, 0.3) is 0 Å². The summed E-state index contributed by atoms with van der Waals surface area (Å²) < 4.78 is 5.80. The third-order valence-corrected chi connectivity index (χ3v) is 10.0. The van der Waals surface area contributed by atoms with Gasteiger partial charge >= 0.3 is 0 Å². The van der Waals surface area contributed by atoms with Gasteiger partial charge in [0.05, 0.1) is 6.61 Å². The summed E-state index contributed by atoms with van der Waals surface area (Å²) in [6.07, 6.45) is 14.7. The molecule has 0 unspecified atom stereocenters. The minimum absolute atomic E-state index is 0.345. The Morgan fingerprint density at radius 3 is 2.32 bits per heavy atom. The Hall–Kier alpha value is -2.33. The Morgan fingerprint density at radius 2 is 1.55 bits per heavy atom. The SMILES string of the molecule is O=C(CC1CCC(CCN2CCC(c3cccc4c3CCO4)CC2)CC1)c1ccc(N2CCCCC2)cc1. The van der Waals surface area contributed by atoms with Gasteiger partial charge in [0, 0.05) is 42.7 Å². The third-order valence-electron chi connectivity index (χ3n) is 10.0. The van der Waals surface area contributed by atoms with Gasteiger partial charge in [0.25, 0.3) is 0 Å². The molecule has 4 heteroatoms. The zero-order valence-electron chi connectivity index (χ0n) is 23.2. The van der Waals surface area contributed by atoms with Crippen molar-refractivity contribution in [3.8, 4) is 5.75 Å². The Morgan fingerprint density at radius 1 is 0.816 bits per heavy atom. The number of benzene rings is 2. The number of anilines is 1. The summed E-state index contributed by atoms with van der Waals surface area (Å²) in [5.74, 6) is 3.60. The number of fused-ring (bicyclic) bond motifs is 1. The molecular weight excluding hydrogens is 468 g/mol. The van der Waals surface area contributed by atoms with Crippen LogP contribution in [0.4, 0.5) is 5.69 Å². The van der Waals surface area contributed by atoms with Crippen molar-refractivity contribution in [2.75, 3.05) is 44.2 Å². The number of hydrogen-bond donors (Lipinski definition) is 0. The molecule has 204 valence electrons. The van der Waals surface area contributed by atoms with Gasteiger partial charge in [-0.25, -0.2) is 0 Å². The van der Waals surface area contributed by atoms with Gasteiger partial charge in [-0.05, 0) is 125 Å². The first-order valence-corrected chi connectivity index (χ1v) is 15.6. The van der Waals surface area contributed by atoms with Crippen molar-refractivity contribution in [1.29, 1.82) is 0 Å². The van der Waals surface area contributed by atoms with E-state index in [4.69, 9.17) is 4.74 Å². The van der Waals surface area contributed by atoms with Gasteiger partial charge in [-0.2, -0.15) is 0 Å². The summed E-state index contributed by atoms with van der Waals surface area (Å²) in [5.41, 5.74) is 5.23. The predicted molar refractivity (Wildman–Crippen MR) is 156 cm³/mol. The van der Waals surface area contributed by atoms with Crippen LogP contribution >= 0.6 is 0 Å². The van der Waals surface area contributed by atoms with Gasteiger partial charge in [-0.15, -0.1) is 0 Å². The fourth-order valence-electron chi connectivity index (χ4n) is 7.58. The first kappa shape index (κ1) is 25.9. The fraction of sp³-hybridized carbons (Fsp3) is 0.618. The number of ketones is 1. The molecule has 0 atom stereocenters. The molecule has 0 aromatic heterocycles. The van der Waals surface area contributed by atoms with Crippen LogP contribution in [-0.2, 0) is 6.42 Å². The van der Waals surface area contributed by atoms with E-state index in [0.717, 1.165) is 49.8 Å². The highest BCUT2D eigenvalue weighted by atomic mass is 16.5. The van der Waals surface area contributed by atoms with Crippen molar-refractivity contribution in [2.24, 2.45) is 11.8 Å². The summed E-state index contributed by atoms with van der Waals surface area (Å²) in [6, 6.07) is 15.1. The second kappa shape index (κ2) is 12.2. The second-order valence-electron chi connectivity index (χ2n) is 12.4. The molecule has 4 nitrogen and oxygen atoms in total. The molecule has 0 amide bonds. The lowest BCUT2D eigenvalue weighted by Crippen LogP contribution is -2.35. The monoisotopic (exact) mass is 514 g/mol. The number of rotatable bonds is 8. The molecular formula is C34H46N2O2. The van der Waals surface area contributed by atoms with Crippen LogP contribution in [0.15, 0.2) is 42.5 Å². The molecule has 3 aliphatic heterocycles. The van der Waals surface area contributed by atoms with Crippen molar-refractivity contribution in [1.82, 2.24) is 4.90 Å². The van der Waals surface area contributed by atoms with E-state index in [1.54, 1.807) is 5.56 Å². The molecule has 1 aliphatic carbocycles. The van der Waals surface area contributed by atoms with Crippen molar-refractivity contribution < 1.29 is 9.53 Å². The van der Waals surface area contributed by atoms with Crippen LogP contribution in [-0.4, -0.2) is 50.0 Å². The molecule has 0 N–H and O–H groups in total. The van der Waals surface area contributed by atoms with Crippen LogP contribution in [0.1, 0.15) is 98.0 Å². The van der Waals surface area contributed by atoms with Crippen molar-refractivity contribution >= 4 is 11.5 Å². The Labute approximate surface area is 229 Å². The third kappa shape index (κ3) is 6.11.